The Balaban J connectivity index is -0.00000218. The van der Waals surface area contributed by atoms with Gasteiger partial charge in [-0.2, -0.15) is 0 Å². The van der Waals surface area contributed by atoms with Gasteiger partial charge in [0.15, 0.2) is 0 Å². The van der Waals surface area contributed by atoms with Gasteiger partial charge in [0.05, 0.1) is 0 Å². The third kappa shape index (κ3) is 12.4. The Morgan fingerprint density at radius 1 is 1.06 bits per heavy atom. The number of allylic oxidation sites excluding steroid dienone is 4. The fourth-order valence-electron chi connectivity index (χ4n) is 6.20. The summed E-state index contributed by atoms with van der Waals surface area (Å²) in [6.45, 7) is 14.6. The summed E-state index contributed by atoms with van der Waals surface area (Å²) in [6.07, 6.45) is 20.2. The average Bonchev–Trinajstić information content (AvgIpc) is 2.73. The van der Waals surface area contributed by atoms with Gasteiger partial charge in [0.2, 0.25) is 0 Å². The fourth-order valence-corrected chi connectivity index (χ4v) is 6.40. The molecule has 2 unspecified atom stereocenters. The lowest BCUT2D eigenvalue weighted by molar-refractivity contribution is 0.0598. The van der Waals surface area contributed by atoms with Crippen molar-refractivity contribution in [2.45, 2.75) is 111 Å². The van der Waals surface area contributed by atoms with Gasteiger partial charge in [-0.25, -0.2) is 0 Å². The van der Waals surface area contributed by atoms with E-state index in [-0.39, 0.29) is 30.0 Å². The molecule has 0 aromatic carbocycles. The third-order valence-electron chi connectivity index (χ3n) is 8.22. The number of unbranched alkanes of at least 4 members (excludes halogenated alkanes) is 1. The number of piperidine rings is 1. The van der Waals surface area contributed by atoms with Crippen molar-refractivity contribution in [3.05, 3.63) is 23.8 Å². The summed E-state index contributed by atoms with van der Waals surface area (Å²) in [5, 5.41) is 4.29. The number of halogens is 1. The highest BCUT2D eigenvalue weighted by Gasteiger charge is 2.38. The molecule has 0 amide bonds. The van der Waals surface area contributed by atoms with Crippen molar-refractivity contribution >= 4 is 11.6 Å². The molecule has 1 fully saturated rings. The predicted molar refractivity (Wildman–Crippen MR) is 159 cm³/mol. The molecule has 0 bridgehead atoms. The molecule has 0 saturated carbocycles. The molecule has 7 heteroatoms. The molecule has 0 spiro atoms. The highest BCUT2D eigenvalue weighted by atomic mass is 35.5. The van der Waals surface area contributed by atoms with Crippen LogP contribution >= 0.6 is 11.6 Å². The SMILES string of the molecule is C.CC(C)[C@H](CN1CC[C@H](C2=CCC(Cl)CC2)C(C)(C)C1)NCCCCC1CC=CCC1.N.O.O.O. The van der Waals surface area contributed by atoms with E-state index < -0.39 is 0 Å². The quantitative estimate of drug-likeness (QED) is 0.216. The maximum Gasteiger partial charge on any atom is 0.0373 e. The van der Waals surface area contributed by atoms with Crippen LogP contribution in [0.1, 0.15) is 99.3 Å². The Morgan fingerprint density at radius 3 is 2.33 bits per heavy atom. The van der Waals surface area contributed by atoms with Crippen LogP contribution in [0.2, 0.25) is 0 Å². The van der Waals surface area contributed by atoms with Gasteiger partial charge in [-0.15, -0.1) is 11.6 Å². The number of nitrogens with one attached hydrogen (secondary N) is 1. The number of hydrogen-bond acceptors (Lipinski definition) is 3. The molecule has 2 aliphatic carbocycles. The summed E-state index contributed by atoms with van der Waals surface area (Å²) < 4.78 is 0. The molecule has 3 rings (SSSR count). The molecule has 6 nitrogen and oxygen atoms in total. The monoisotopic (exact) mass is 535 g/mol. The van der Waals surface area contributed by atoms with E-state index in [4.69, 9.17) is 11.6 Å². The number of alkyl halides is 1. The fraction of sp³-hybridized carbons (Fsp3) is 0.862. The van der Waals surface area contributed by atoms with Crippen LogP contribution in [0.25, 0.3) is 0 Å². The summed E-state index contributed by atoms with van der Waals surface area (Å²) in [4.78, 5) is 2.75. The van der Waals surface area contributed by atoms with Crippen molar-refractivity contribution in [1.29, 1.82) is 0 Å². The molecule has 1 saturated heterocycles. The maximum absolute atomic E-state index is 6.34. The van der Waals surface area contributed by atoms with Crippen molar-refractivity contribution in [3.8, 4) is 0 Å². The zero-order valence-electron chi connectivity index (χ0n) is 23.1. The molecule has 3 aliphatic rings. The number of likely N-dealkylation sites (tertiary alicyclic amines) is 1. The first-order chi connectivity index (χ1) is 14.8. The van der Waals surface area contributed by atoms with Gasteiger partial charge >= 0.3 is 0 Å². The van der Waals surface area contributed by atoms with Gasteiger partial charge in [0.1, 0.15) is 0 Å². The first-order valence-corrected chi connectivity index (χ1v) is 13.7. The molecular formula is C29H62ClN3O3. The topological polar surface area (TPSA) is 145 Å². The Hall–Kier alpha value is -0.470. The Kier molecular flexibility index (Phi) is 21.8. The second-order valence-electron chi connectivity index (χ2n) is 11.7. The molecule has 36 heavy (non-hydrogen) atoms. The molecule has 0 aromatic heterocycles. The highest BCUT2D eigenvalue weighted by Crippen LogP contribution is 2.43. The standard InChI is InChI=1S/C28H49ClN2.CH4.H3N.3H2O/c1-22(2)27(30-18-9-8-12-23-10-6-5-7-11-23)20-31-19-17-26(28(3,4)21-31)24-13-15-25(29)16-14-24;;;;;/h5-6,13,22-23,25-27,30H,7-12,14-21H2,1-4H3;1H4;1H3;3*1H2/t23?,25?,26-,27+;;;;;/m1...../s1. The van der Waals surface area contributed by atoms with Crippen molar-refractivity contribution in [3.63, 3.8) is 0 Å². The minimum atomic E-state index is 0. The first kappa shape index (κ1) is 40.0. The Labute approximate surface area is 228 Å². The number of hydrogen-bond donors (Lipinski definition) is 2. The normalized spacial score (nSPS) is 26.2. The van der Waals surface area contributed by atoms with Gasteiger partial charge in [0, 0.05) is 24.5 Å². The second-order valence-corrected chi connectivity index (χ2v) is 12.3. The van der Waals surface area contributed by atoms with Crippen molar-refractivity contribution in [1.82, 2.24) is 16.4 Å². The van der Waals surface area contributed by atoms with Crippen LogP contribution in [0.3, 0.4) is 0 Å². The molecular weight excluding hydrogens is 474 g/mol. The highest BCUT2D eigenvalue weighted by molar-refractivity contribution is 6.20. The largest absolute Gasteiger partial charge is 0.412 e. The Bertz CT molecular complexity index is 613. The smallest absolute Gasteiger partial charge is 0.0373 e. The molecule has 1 aliphatic heterocycles. The van der Waals surface area contributed by atoms with Crippen LogP contribution in [0.5, 0.6) is 0 Å². The van der Waals surface area contributed by atoms with Crippen molar-refractivity contribution in [2.75, 3.05) is 26.2 Å². The number of nitrogens with zero attached hydrogens (tertiary/aromatic N) is 1. The lowest BCUT2D eigenvalue weighted by Crippen LogP contribution is -2.52. The van der Waals surface area contributed by atoms with Crippen molar-refractivity contribution < 1.29 is 16.4 Å². The zero-order valence-corrected chi connectivity index (χ0v) is 23.8. The van der Waals surface area contributed by atoms with Crippen LogP contribution in [0.4, 0.5) is 0 Å². The van der Waals surface area contributed by atoms with E-state index in [1.165, 1.54) is 84.0 Å². The molecule has 0 radical (unpaired) electrons. The lowest BCUT2D eigenvalue weighted by atomic mass is 9.68. The van der Waals surface area contributed by atoms with Gasteiger partial charge in [-0.1, -0.05) is 71.8 Å². The van der Waals surface area contributed by atoms with E-state index >= 15 is 0 Å². The molecule has 218 valence electrons. The van der Waals surface area contributed by atoms with Crippen LogP contribution in [-0.4, -0.2) is 58.9 Å². The summed E-state index contributed by atoms with van der Waals surface area (Å²) in [6, 6.07) is 0.607. The second kappa shape index (κ2) is 19.6. The van der Waals surface area contributed by atoms with Crippen LogP contribution in [-0.2, 0) is 0 Å². The average molecular weight is 536 g/mol. The lowest BCUT2D eigenvalue weighted by Gasteiger charge is -2.47. The third-order valence-corrected chi connectivity index (χ3v) is 8.62. The maximum atomic E-state index is 6.34. The summed E-state index contributed by atoms with van der Waals surface area (Å²) in [7, 11) is 0. The first-order valence-electron chi connectivity index (χ1n) is 13.3. The zero-order chi connectivity index (χ0) is 22.3. The van der Waals surface area contributed by atoms with Gasteiger partial charge in [-0.3, -0.25) is 0 Å². The van der Waals surface area contributed by atoms with Crippen LogP contribution < -0.4 is 11.5 Å². The minimum absolute atomic E-state index is 0. The van der Waals surface area contributed by atoms with E-state index in [1.807, 2.05) is 0 Å². The van der Waals surface area contributed by atoms with Crippen LogP contribution in [0.15, 0.2) is 23.8 Å². The van der Waals surface area contributed by atoms with Crippen LogP contribution in [0, 0.1) is 23.2 Å². The minimum Gasteiger partial charge on any atom is -0.412 e. The summed E-state index contributed by atoms with van der Waals surface area (Å²) in [5.74, 6) is 2.38. The summed E-state index contributed by atoms with van der Waals surface area (Å²) in [5.41, 5.74) is 2.06. The van der Waals surface area contributed by atoms with E-state index in [0.29, 0.717) is 22.8 Å². The van der Waals surface area contributed by atoms with E-state index in [2.05, 4.69) is 56.1 Å². The van der Waals surface area contributed by atoms with Gasteiger partial charge < -0.3 is 32.8 Å². The van der Waals surface area contributed by atoms with Gasteiger partial charge in [0.25, 0.3) is 0 Å². The summed E-state index contributed by atoms with van der Waals surface area (Å²) >= 11 is 6.34. The Morgan fingerprint density at radius 2 is 1.78 bits per heavy atom. The predicted octanol–water partition coefficient (Wildman–Crippen LogP) is 5.52. The van der Waals surface area contributed by atoms with E-state index in [1.54, 1.807) is 5.57 Å². The van der Waals surface area contributed by atoms with Crippen molar-refractivity contribution in [2.24, 2.45) is 23.2 Å². The van der Waals surface area contributed by atoms with E-state index in [0.717, 1.165) is 18.3 Å². The molecule has 1 heterocycles. The van der Waals surface area contributed by atoms with Gasteiger partial charge in [-0.05, 0) is 87.6 Å². The molecule has 10 N–H and O–H groups in total. The number of rotatable bonds is 10. The molecule has 4 atom stereocenters. The molecule has 0 aromatic rings. The van der Waals surface area contributed by atoms with E-state index in [9.17, 15) is 0 Å².